The molecule has 0 amide bonds. The first-order valence-electron chi connectivity index (χ1n) is 7.82. The van der Waals surface area contributed by atoms with Gasteiger partial charge in [0.05, 0.1) is 16.4 Å². The fraction of sp³-hybridized carbons (Fsp3) is 0.158. The van der Waals surface area contributed by atoms with Crippen molar-refractivity contribution >= 4 is 51.3 Å². The Morgan fingerprint density at radius 3 is 2.62 bits per heavy atom. The molecule has 1 N–H and O–H groups in total. The van der Waals surface area contributed by atoms with E-state index in [0.29, 0.717) is 31.4 Å². The lowest BCUT2D eigenvalue weighted by molar-refractivity contribution is -0.304. The Labute approximate surface area is 165 Å². The number of aliphatic carboxylic acids is 1. The van der Waals surface area contributed by atoms with Crippen LogP contribution >= 0.6 is 34.5 Å². The first kappa shape index (κ1) is 18.7. The van der Waals surface area contributed by atoms with E-state index < -0.39 is 5.97 Å². The summed E-state index contributed by atoms with van der Waals surface area (Å²) in [4.78, 5) is 16.4. The quantitative estimate of drug-likeness (QED) is 0.663. The number of benzene rings is 2. The molecule has 2 aromatic carbocycles. The smallest absolute Gasteiger partial charge is 0.188 e. The third kappa shape index (κ3) is 4.18. The van der Waals surface area contributed by atoms with E-state index >= 15 is 0 Å². The van der Waals surface area contributed by atoms with Crippen molar-refractivity contribution < 1.29 is 9.90 Å². The highest BCUT2D eigenvalue weighted by Gasteiger charge is 2.16. The van der Waals surface area contributed by atoms with Gasteiger partial charge in [0.2, 0.25) is 0 Å². The summed E-state index contributed by atoms with van der Waals surface area (Å²) >= 11 is 13.4. The van der Waals surface area contributed by atoms with Crippen LogP contribution in [0.25, 0.3) is 11.3 Å². The van der Waals surface area contributed by atoms with Crippen molar-refractivity contribution in [3.8, 4) is 11.3 Å². The molecule has 134 valence electrons. The lowest BCUT2D eigenvalue weighted by Crippen LogP contribution is -2.24. The van der Waals surface area contributed by atoms with Gasteiger partial charge in [0.25, 0.3) is 0 Å². The van der Waals surface area contributed by atoms with E-state index in [4.69, 9.17) is 23.2 Å². The molecule has 0 aliphatic carbocycles. The number of carboxylic acid groups (broad SMARTS) is 1. The Balaban J connectivity index is 2.02. The number of hydrogen-bond donors (Lipinski definition) is 1. The van der Waals surface area contributed by atoms with Gasteiger partial charge in [-0.05, 0) is 37.6 Å². The second-order valence-electron chi connectivity index (χ2n) is 5.91. The zero-order valence-corrected chi connectivity index (χ0v) is 16.4. The van der Waals surface area contributed by atoms with Crippen LogP contribution in [0.2, 0.25) is 10.0 Å². The number of aromatic nitrogens is 1. The zero-order chi connectivity index (χ0) is 18.8. The topological polar surface area (TPSA) is 65.0 Å². The minimum Gasteiger partial charge on any atom is -0.550 e. The molecule has 0 saturated heterocycles. The zero-order valence-electron chi connectivity index (χ0n) is 14.1. The third-order valence-electron chi connectivity index (χ3n) is 3.81. The highest BCUT2D eigenvalue weighted by Crippen LogP contribution is 2.36. The van der Waals surface area contributed by atoms with Crippen LogP contribution in [0.15, 0.2) is 36.4 Å². The molecule has 0 saturated carbocycles. The second-order valence-corrected chi connectivity index (χ2v) is 7.83. The summed E-state index contributed by atoms with van der Waals surface area (Å²) in [5.41, 5.74) is 4.36. The molecule has 4 nitrogen and oxygen atoms in total. The molecular formula is C19H15Cl2N2O2S-. The molecule has 7 heteroatoms. The number of aryl methyl sites for hydroxylation is 2. The van der Waals surface area contributed by atoms with E-state index in [1.54, 1.807) is 18.2 Å². The van der Waals surface area contributed by atoms with Crippen LogP contribution in [0.5, 0.6) is 0 Å². The van der Waals surface area contributed by atoms with Crippen molar-refractivity contribution in [3.63, 3.8) is 0 Å². The maximum absolute atomic E-state index is 11.2. The van der Waals surface area contributed by atoms with E-state index in [-0.39, 0.29) is 6.42 Å². The molecule has 0 aliphatic rings. The average molecular weight is 406 g/mol. The van der Waals surface area contributed by atoms with Crippen molar-refractivity contribution in [1.82, 2.24) is 4.98 Å². The van der Waals surface area contributed by atoms with Gasteiger partial charge in [-0.25, -0.2) is 4.98 Å². The van der Waals surface area contributed by atoms with Gasteiger partial charge in [0.1, 0.15) is 0 Å². The largest absolute Gasteiger partial charge is 0.550 e. The van der Waals surface area contributed by atoms with Crippen LogP contribution in [0.4, 0.5) is 10.8 Å². The van der Waals surface area contributed by atoms with Crippen LogP contribution in [-0.4, -0.2) is 11.0 Å². The van der Waals surface area contributed by atoms with Gasteiger partial charge in [-0.1, -0.05) is 47.0 Å². The van der Waals surface area contributed by atoms with Gasteiger partial charge < -0.3 is 15.2 Å². The summed E-state index contributed by atoms with van der Waals surface area (Å²) in [6.07, 6.45) is -0.198. The molecule has 0 bridgehead atoms. The number of hydrogen-bond acceptors (Lipinski definition) is 5. The fourth-order valence-electron chi connectivity index (χ4n) is 2.65. The Kier molecular flexibility index (Phi) is 5.51. The molecular weight excluding hydrogens is 391 g/mol. The van der Waals surface area contributed by atoms with E-state index in [9.17, 15) is 9.90 Å². The lowest BCUT2D eigenvalue weighted by Gasteiger charge is -2.07. The van der Waals surface area contributed by atoms with Gasteiger partial charge in [-0.3, -0.25) is 0 Å². The molecule has 3 rings (SSSR count). The maximum Gasteiger partial charge on any atom is 0.188 e. The van der Waals surface area contributed by atoms with Crippen LogP contribution in [0.3, 0.4) is 0 Å². The molecule has 0 spiro atoms. The minimum absolute atomic E-state index is 0.198. The molecule has 1 heterocycles. The van der Waals surface area contributed by atoms with Crippen molar-refractivity contribution in [2.45, 2.75) is 20.3 Å². The van der Waals surface area contributed by atoms with E-state index in [1.165, 1.54) is 11.3 Å². The van der Waals surface area contributed by atoms with Crippen LogP contribution in [-0.2, 0) is 11.2 Å². The molecule has 26 heavy (non-hydrogen) atoms. The maximum atomic E-state index is 11.2. The normalized spacial score (nSPS) is 10.8. The van der Waals surface area contributed by atoms with Gasteiger partial charge in [-0.15, -0.1) is 11.3 Å². The standard InChI is InChI=1S/C19H16Cl2N2O2S/c1-10-3-5-13(11(2)7-10)18-16(9-17(24)25)26-19(23-18)22-15-6-4-12(20)8-14(15)21/h3-8H,9H2,1-2H3,(H,22,23)(H,24,25)/p-1. The van der Waals surface area contributed by atoms with Crippen LogP contribution in [0.1, 0.15) is 16.0 Å². The van der Waals surface area contributed by atoms with E-state index in [2.05, 4.69) is 10.3 Å². The van der Waals surface area contributed by atoms with E-state index in [0.717, 1.165) is 16.7 Å². The molecule has 1 aromatic heterocycles. The minimum atomic E-state index is -1.14. The monoisotopic (exact) mass is 405 g/mol. The Morgan fingerprint density at radius 2 is 1.96 bits per heavy atom. The molecule has 0 unspecified atom stereocenters. The Bertz CT molecular complexity index is 986. The van der Waals surface area contributed by atoms with Crippen molar-refractivity contribution in [2.24, 2.45) is 0 Å². The number of rotatable bonds is 5. The number of nitrogens with zero attached hydrogens (tertiary/aromatic N) is 1. The number of thiazole rings is 1. The van der Waals surface area contributed by atoms with Gasteiger partial charge >= 0.3 is 0 Å². The summed E-state index contributed by atoms with van der Waals surface area (Å²) in [5, 5.41) is 15.9. The van der Waals surface area contributed by atoms with Crippen molar-refractivity contribution in [3.05, 3.63) is 62.4 Å². The van der Waals surface area contributed by atoms with E-state index in [1.807, 2.05) is 32.0 Å². The lowest BCUT2D eigenvalue weighted by atomic mass is 10.0. The summed E-state index contributed by atoms with van der Waals surface area (Å²) in [6.45, 7) is 3.99. The Hall–Kier alpha value is -2.08. The highest BCUT2D eigenvalue weighted by molar-refractivity contribution is 7.16. The summed E-state index contributed by atoms with van der Waals surface area (Å²) in [6, 6.07) is 11.1. The number of carbonyl (C=O) groups excluding carboxylic acids is 1. The second kappa shape index (κ2) is 7.66. The van der Waals surface area contributed by atoms with Gasteiger partial charge in [0, 0.05) is 27.9 Å². The number of carboxylic acids is 1. The average Bonchev–Trinajstić information content (AvgIpc) is 2.91. The first-order chi connectivity index (χ1) is 12.3. The predicted molar refractivity (Wildman–Crippen MR) is 105 cm³/mol. The number of carbonyl (C=O) groups is 1. The molecule has 0 atom stereocenters. The number of nitrogens with one attached hydrogen (secondary N) is 1. The fourth-order valence-corrected chi connectivity index (χ4v) is 4.08. The van der Waals surface area contributed by atoms with Crippen molar-refractivity contribution in [1.29, 1.82) is 0 Å². The molecule has 3 aromatic rings. The number of anilines is 2. The summed E-state index contributed by atoms with van der Waals surface area (Å²) in [5.74, 6) is -1.14. The first-order valence-corrected chi connectivity index (χ1v) is 9.40. The van der Waals surface area contributed by atoms with Crippen LogP contribution in [0, 0.1) is 13.8 Å². The van der Waals surface area contributed by atoms with Crippen LogP contribution < -0.4 is 10.4 Å². The summed E-state index contributed by atoms with van der Waals surface area (Å²) < 4.78 is 0. The van der Waals surface area contributed by atoms with Gasteiger partial charge in [0.15, 0.2) is 5.13 Å². The third-order valence-corrected chi connectivity index (χ3v) is 5.33. The predicted octanol–water partition coefficient (Wildman–Crippen LogP) is 4.77. The van der Waals surface area contributed by atoms with Crippen molar-refractivity contribution in [2.75, 3.05) is 5.32 Å². The molecule has 0 radical (unpaired) electrons. The van der Waals surface area contributed by atoms with Gasteiger partial charge in [-0.2, -0.15) is 0 Å². The summed E-state index contributed by atoms with van der Waals surface area (Å²) in [7, 11) is 0. The Morgan fingerprint density at radius 1 is 1.19 bits per heavy atom. The molecule has 0 fully saturated rings. The molecule has 0 aliphatic heterocycles. The highest BCUT2D eigenvalue weighted by atomic mass is 35.5. The SMILES string of the molecule is Cc1ccc(-c2nc(Nc3ccc(Cl)cc3Cl)sc2CC(=O)[O-])c(C)c1. The number of halogens is 2.